The van der Waals surface area contributed by atoms with Crippen LogP contribution in [0.3, 0.4) is 0 Å². The SMILES string of the molecule is COc1cccc(Cn2c(-c3ccc4nc(-c5sc(C)nc5C)ccc4c3)c(C3CCCCC3)c3sc(C(=O)O)cc32)c1. The van der Waals surface area contributed by atoms with Gasteiger partial charge in [0, 0.05) is 11.9 Å². The number of nitrogens with zero attached hydrogens (tertiary/aromatic N) is 3. The summed E-state index contributed by atoms with van der Waals surface area (Å²) in [5.74, 6) is 0.335. The van der Waals surface area contributed by atoms with E-state index in [1.807, 2.05) is 32.0 Å². The highest BCUT2D eigenvalue weighted by atomic mass is 32.1. The maximum absolute atomic E-state index is 12.1. The Morgan fingerprint density at radius 1 is 1.00 bits per heavy atom. The molecule has 8 heteroatoms. The predicted octanol–water partition coefficient (Wildman–Crippen LogP) is 9.46. The maximum Gasteiger partial charge on any atom is 0.345 e. The number of carboxylic acids is 1. The Bertz CT molecular complexity index is 1990. The van der Waals surface area contributed by atoms with Crippen LogP contribution >= 0.6 is 22.7 Å². The number of thiophene rings is 1. The summed E-state index contributed by atoms with van der Waals surface area (Å²) in [4.78, 5) is 23.3. The average Bonchev–Trinajstić information content (AvgIpc) is 3.69. The fourth-order valence-electron chi connectivity index (χ4n) is 6.62. The van der Waals surface area contributed by atoms with Crippen molar-refractivity contribution < 1.29 is 14.6 Å². The normalized spacial score (nSPS) is 14.1. The molecule has 0 radical (unpaired) electrons. The molecular weight excluding hydrogens is 575 g/mol. The van der Waals surface area contributed by atoms with Gasteiger partial charge in [0.1, 0.15) is 10.6 Å². The number of rotatable bonds is 7. The lowest BCUT2D eigenvalue weighted by Gasteiger charge is -2.24. The molecule has 1 fully saturated rings. The van der Waals surface area contributed by atoms with Crippen LogP contribution in [0.1, 0.15) is 69.5 Å². The molecule has 6 nitrogen and oxygen atoms in total. The van der Waals surface area contributed by atoms with Crippen molar-refractivity contribution in [2.75, 3.05) is 7.11 Å². The average molecular weight is 608 g/mol. The number of methoxy groups -OCH3 is 1. The van der Waals surface area contributed by atoms with Crippen LogP contribution in [0.2, 0.25) is 0 Å². The van der Waals surface area contributed by atoms with Gasteiger partial charge in [-0.3, -0.25) is 0 Å². The van der Waals surface area contributed by atoms with Crippen LogP contribution in [-0.4, -0.2) is 32.7 Å². The van der Waals surface area contributed by atoms with Gasteiger partial charge in [-0.1, -0.05) is 43.5 Å². The minimum absolute atomic E-state index is 0.386. The van der Waals surface area contributed by atoms with E-state index in [0.29, 0.717) is 17.3 Å². The molecule has 0 unspecified atom stereocenters. The molecule has 0 bridgehead atoms. The first-order valence-electron chi connectivity index (χ1n) is 14.8. The van der Waals surface area contributed by atoms with Gasteiger partial charge >= 0.3 is 5.97 Å². The zero-order valence-electron chi connectivity index (χ0n) is 24.5. The van der Waals surface area contributed by atoms with Crippen LogP contribution in [0.15, 0.2) is 60.7 Å². The fraction of sp³-hybridized carbons (Fsp3) is 0.286. The molecule has 1 aliphatic rings. The Morgan fingerprint density at radius 3 is 2.58 bits per heavy atom. The van der Waals surface area contributed by atoms with Gasteiger partial charge in [-0.05, 0) is 85.7 Å². The summed E-state index contributed by atoms with van der Waals surface area (Å²) in [6.45, 7) is 4.69. The van der Waals surface area contributed by atoms with Crippen molar-refractivity contribution in [1.29, 1.82) is 0 Å². The second-order valence-electron chi connectivity index (χ2n) is 11.4. The molecule has 4 heterocycles. The van der Waals surface area contributed by atoms with Gasteiger partial charge in [-0.2, -0.15) is 0 Å². The number of ether oxygens (including phenoxy) is 1. The zero-order chi connectivity index (χ0) is 29.7. The lowest BCUT2D eigenvalue weighted by atomic mass is 9.83. The van der Waals surface area contributed by atoms with Gasteiger partial charge in [0.25, 0.3) is 0 Å². The molecule has 0 spiro atoms. The highest BCUT2D eigenvalue weighted by molar-refractivity contribution is 7.21. The summed E-state index contributed by atoms with van der Waals surface area (Å²) in [6.07, 6.45) is 5.90. The van der Waals surface area contributed by atoms with Gasteiger partial charge in [0.05, 0.1) is 49.8 Å². The number of pyridine rings is 1. The standard InChI is InChI=1S/C35H33N3O3S2/c1-20-33(42-21(2)36-20)28-15-12-24-17-25(13-14-27(24)37-28)32-31(23-9-5-4-6-10-23)34-29(18-30(43-34)35(39)40)38(32)19-22-8-7-11-26(16-22)41-3/h7-8,11-18,23H,4-6,9-10,19H2,1-3H3,(H,39,40). The number of benzene rings is 2. The molecule has 43 heavy (non-hydrogen) atoms. The highest BCUT2D eigenvalue weighted by Crippen LogP contribution is 2.47. The van der Waals surface area contributed by atoms with E-state index in [4.69, 9.17) is 9.72 Å². The Balaban J connectivity index is 1.43. The highest BCUT2D eigenvalue weighted by Gasteiger charge is 2.29. The number of hydrogen-bond donors (Lipinski definition) is 1. The Kier molecular flexibility index (Phi) is 7.27. The lowest BCUT2D eigenvalue weighted by Crippen LogP contribution is -2.08. The molecule has 0 aliphatic heterocycles. The van der Waals surface area contributed by atoms with Gasteiger partial charge in [-0.25, -0.2) is 14.8 Å². The first-order valence-corrected chi connectivity index (χ1v) is 16.4. The summed E-state index contributed by atoms with van der Waals surface area (Å²) < 4.78 is 8.97. The smallest absolute Gasteiger partial charge is 0.345 e. The number of carbonyl (C=O) groups is 1. The monoisotopic (exact) mass is 607 g/mol. The first kappa shape index (κ1) is 27.8. The number of carboxylic acid groups (broad SMARTS) is 1. The predicted molar refractivity (Wildman–Crippen MR) is 176 cm³/mol. The Morgan fingerprint density at radius 2 is 1.84 bits per heavy atom. The van der Waals surface area contributed by atoms with Crippen LogP contribution in [0, 0.1) is 13.8 Å². The molecular formula is C35H33N3O3S2. The van der Waals surface area contributed by atoms with Crippen LogP contribution < -0.4 is 4.74 Å². The van der Waals surface area contributed by atoms with E-state index in [-0.39, 0.29) is 0 Å². The van der Waals surface area contributed by atoms with E-state index >= 15 is 0 Å². The van der Waals surface area contributed by atoms with E-state index in [1.165, 1.54) is 41.9 Å². The first-order chi connectivity index (χ1) is 20.9. The number of aromatic carboxylic acids is 1. The molecule has 1 aliphatic carbocycles. The third-order valence-corrected chi connectivity index (χ3v) is 10.8. The van der Waals surface area contributed by atoms with Crippen molar-refractivity contribution in [3.63, 3.8) is 0 Å². The van der Waals surface area contributed by atoms with Gasteiger partial charge < -0.3 is 14.4 Å². The molecule has 4 aromatic heterocycles. The van der Waals surface area contributed by atoms with E-state index in [0.717, 1.165) is 72.1 Å². The van der Waals surface area contributed by atoms with E-state index < -0.39 is 5.97 Å². The Hall–Kier alpha value is -4.01. The minimum Gasteiger partial charge on any atom is -0.497 e. The quantitative estimate of drug-likeness (QED) is 0.196. The summed E-state index contributed by atoms with van der Waals surface area (Å²) in [5, 5.41) is 12.1. The van der Waals surface area contributed by atoms with Crippen molar-refractivity contribution in [3.05, 3.63) is 87.4 Å². The largest absolute Gasteiger partial charge is 0.497 e. The number of hydrogen-bond acceptors (Lipinski definition) is 6. The van der Waals surface area contributed by atoms with Crippen LogP contribution in [-0.2, 0) is 6.54 Å². The van der Waals surface area contributed by atoms with Gasteiger partial charge in [-0.15, -0.1) is 22.7 Å². The number of aryl methyl sites for hydroxylation is 2. The van der Waals surface area contributed by atoms with Crippen molar-refractivity contribution in [2.45, 2.75) is 58.4 Å². The molecule has 218 valence electrons. The molecule has 1 saturated carbocycles. The lowest BCUT2D eigenvalue weighted by molar-refractivity contribution is 0.0702. The van der Waals surface area contributed by atoms with E-state index in [9.17, 15) is 9.90 Å². The third-order valence-electron chi connectivity index (χ3n) is 8.57. The second-order valence-corrected chi connectivity index (χ2v) is 13.7. The van der Waals surface area contributed by atoms with Gasteiger partial charge in [0.15, 0.2) is 0 Å². The number of fused-ring (bicyclic) bond motifs is 2. The van der Waals surface area contributed by atoms with Crippen LogP contribution in [0.25, 0.3) is 42.9 Å². The fourth-order valence-corrected chi connectivity index (χ4v) is 8.64. The third kappa shape index (κ3) is 5.12. The van der Waals surface area contributed by atoms with Crippen molar-refractivity contribution >= 4 is 49.8 Å². The minimum atomic E-state index is -0.871. The second kappa shape index (κ2) is 11.2. The van der Waals surface area contributed by atoms with Crippen LogP contribution in [0.5, 0.6) is 5.75 Å². The summed E-state index contributed by atoms with van der Waals surface area (Å²) >= 11 is 3.10. The van der Waals surface area contributed by atoms with Crippen molar-refractivity contribution in [1.82, 2.24) is 14.5 Å². The van der Waals surface area contributed by atoms with Crippen molar-refractivity contribution in [3.8, 4) is 27.6 Å². The molecule has 0 amide bonds. The summed E-state index contributed by atoms with van der Waals surface area (Å²) in [7, 11) is 1.68. The maximum atomic E-state index is 12.1. The molecule has 2 aromatic carbocycles. The summed E-state index contributed by atoms with van der Waals surface area (Å²) in [5.41, 5.74) is 8.64. The number of aromatic nitrogens is 3. The van der Waals surface area contributed by atoms with E-state index in [1.54, 1.807) is 18.4 Å². The molecule has 0 atom stereocenters. The Labute approximate surface area is 258 Å². The molecule has 0 saturated heterocycles. The van der Waals surface area contributed by atoms with Crippen molar-refractivity contribution in [2.24, 2.45) is 0 Å². The molecule has 1 N–H and O–H groups in total. The molecule has 6 aromatic rings. The van der Waals surface area contributed by atoms with Gasteiger partial charge in [0.2, 0.25) is 0 Å². The summed E-state index contributed by atoms with van der Waals surface area (Å²) in [6, 6.07) is 20.8. The van der Waals surface area contributed by atoms with E-state index in [2.05, 4.69) is 52.0 Å². The topological polar surface area (TPSA) is 77.2 Å². The zero-order valence-corrected chi connectivity index (χ0v) is 26.1. The molecule has 7 rings (SSSR count). The van der Waals surface area contributed by atoms with Crippen LogP contribution in [0.4, 0.5) is 0 Å². The number of thiazole rings is 1.